The van der Waals surface area contributed by atoms with Gasteiger partial charge in [-0.2, -0.15) is 0 Å². The van der Waals surface area contributed by atoms with Gasteiger partial charge in [-0.1, -0.05) is 5.92 Å². The van der Waals surface area contributed by atoms with Crippen molar-refractivity contribution in [2.24, 2.45) is 0 Å². The molecule has 0 heterocycles. The molecule has 52 valence electrons. The molecule has 0 bridgehead atoms. The van der Waals surface area contributed by atoms with E-state index in [0.29, 0.717) is 6.42 Å². The summed E-state index contributed by atoms with van der Waals surface area (Å²) in [6.07, 6.45) is 2.74. The molecule has 0 amide bonds. The SMILES string of the molecule is OCCC#COCCO. The van der Waals surface area contributed by atoms with E-state index in [0.717, 1.165) is 0 Å². The first-order valence-electron chi connectivity index (χ1n) is 2.73. The van der Waals surface area contributed by atoms with Gasteiger partial charge in [0, 0.05) is 6.42 Å². The van der Waals surface area contributed by atoms with Gasteiger partial charge < -0.3 is 14.9 Å². The quantitative estimate of drug-likeness (QED) is 0.394. The largest absolute Gasteiger partial charge is 0.444 e. The van der Waals surface area contributed by atoms with Crippen molar-refractivity contribution in [3.05, 3.63) is 0 Å². The van der Waals surface area contributed by atoms with Crippen LogP contribution in [0.4, 0.5) is 0 Å². The van der Waals surface area contributed by atoms with Gasteiger partial charge in [-0.3, -0.25) is 0 Å². The lowest BCUT2D eigenvalue weighted by Gasteiger charge is -1.88. The summed E-state index contributed by atoms with van der Waals surface area (Å²) in [5.74, 6) is 2.54. The van der Waals surface area contributed by atoms with Crippen LogP contribution in [0, 0.1) is 12.0 Å². The molecule has 0 aromatic carbocycles. The molecular formula is C6H10O3. The van der Waals surface area contributed by atoms with Crippen molar-refractivity contribution in [1.29, 1.82) is 0 Å². The molecule has 0 spiro atoms. The minimum Gasteiger partial charge on any atom is -0.444 e. The van der Waals surface area contributed by atoms with E-state index in [-0.39, 0.29) is 19.8 Å². The van der Waals surface area contributed by atoms with Crippen LogP contribution in [0.3, 0.4) is 0 Å². The summed E-state index contributed by atoms with van der Waals surface area (Å²) < 4.78 is 4.56. The maximum atomic E-state index is 8.22. The molecule has 0 aromatic heterocycles. The standard InChI is InChI=1S/C6H10O3/c7-3-1-2-5-9-6-4-8/h7-8H,1,3-4,6H2. The Morgan fingerprint density at radius 2 is 2.00 bits per heavy atom. The number of hydrogen-bond donors (Lipinski definition) is 2. The molecule has 0 atom stereocenters. The predicted molar refractivity (Wildman–Crippen MR) is 32.5 cm³/mol. The fourth-order valence-electron chi connectivity index (χ4n) is 0.255. The van der Waals surface area contributed by atoms with Crippen LogP contribution in [0.5, 0.6) is 0 Å². The van der Waals surface area contributed by atoms with E-state index in [2.05, 4.69) is 16.8 Å². The molecule has 9 heavy (non-hydrogen) atoms. The lowest BCUT2D eigenvalue weighted by molar-refractivity contribution is 0.180. The molecule has 0 saturated heterocycles. The molecule has 0 radical (unpaired) electrons. The maximum absolute atomic E-state index is 8.22. The molecule has 3 heteroatoms. The van der Waals surface area contributed by atoms with Crippen molar-refractivity contribution < 1.29 is 14.9 Å². The topological polar surface area (TPSA) is 49.7 Å². The number of aliphatic hydroxyl groups excluding tert-OH is 2. The van der Waals surface area contributed by atoms with Crippen LogP contribution >= 0.6 is 0 Å². The highest BCUT2D eigenvalue weighted by Crippen LogP contribution is 1.71. The molecule has 0 fully saturated rings. The average molecular weight is 130 g/mol. The van der Waals surface area contributed by atoms with Gasteiger partial charge in [0.15, 0.2) is 0 Å². The molecular weight excluding hydrogens is 120 g/mol. The predicted octanol–water partition coefficient (Wildman–Crippen LogP) is -0.661. The summed E-state index contributed by atoms with van der Waals surface area (Å²) in [6.45, 7) is 0.266. The number of aliphatic hydroxyl groups is 2. The normalized spacial score (nSPS) is 7.78. The third-order valence-corrected chi connectivity index (χ3v) is 0.574. The van der Waals surface area contributed by atoms with E-state index in [1.54, 1.807) is 0 Å². The number of hydrogen-bond acceptors (Lipinski definition) is 3. The van der Waals surface area contributed by atoms with Crippen LogP contribution in [0.2, 0.25) is 0 Å². The Labute approximate surface area is 54.3 Å². The Bertz CT molecular complexity index is 101. The van der Waals surface area contributed by atoms with Gasteiger partial charge >= 0.3 is 0 Å². The Kier molecular flexibility index (Phi) is 6.70. The first-order valence-corrected chi connectivity index (χ1v) is 2.73. The Hall–Kier alpha value is -0.720. The van der Waals surface area contributed by atoms with Crippen molar-refractivity contribution in [2.75, 3.05) is 19.8 Å². The fraction of sp³-hybridized carbons (Fsp3) is 0.667. The summed E-state index contributed by atoms with van der Waals surface area (Å²) in [6, 6.07) is 0. The first-order chi connectivity index (χ1) is 4.41. The van der Waals surface area contributed by atoms with Gasteiger partial charge in [0.1, 0.15) is 12.7 Å². The summed E-state index contributed by atoms with van der Waals surface area (Å²) in [5, 5.41) is 16.4. The second kappa shape index (κ2) is 7.28. The second-order valence-electron chi connectivity index (χ2n) is 1.32. The van der Waals surface area contributed by atoms with Gasteiger partial charge in [-0.25, -0.2) is 0 Å². The van der Waals surface area contributed by atoms with Crippen molar-refractivity contribution in [3.8, 4) is 12.0 Å². The second-order valence-corrected chi connectivity index (χ2v) is 1.32. The highest BCUT2D eigenvalue weighted by atomic mass is 16.5. The summed E-state index contributed by atoms with van der Waals surface area (Å²) in [4.78, 5) is 0. The Morgan fingerprint density at radius 1 is 1.22 bits per heavy atom. The lowest BCUT2D eigenvalue weighted by atomic mass is 10.5. The van der Waals surface area contributed by atoms with Crippen LogP contribution in [0.25, 0.3) is 0 Å². The summed E-state index contributed by atoms with van der Waals surface area (Å²) in [7, 11) is 0. The number of ether oxygens (including phenoxy) is 1. The lowest BCUT2D eigenvalue weighted by Crippen LogP contribution is -1.92. The fourth-order valence-corrected chi connectivity index (χ4v) is 0.255. The van der Waals surface area contributed by atoms with Gasteiger partial charge in [0.05, 0.1) is 13.2 Å². The van der Waals surface area contributed by atoms with E-state index < -0.39 is 0 Å². The maximum Gasteiger partial charge on any atom is 0.123 e. The van der Waals surface area contributed by atoms with Crippen LogP contribution in [-0.4, -0.2) is 30.0 Å². The van der Waals surface area contributed by atoms with Gasteiger partial charge in [-0.15, -0.1) is 0 Å². The molecule has 0 aliphatic carbocycles. The molecule has 0 aliphatic heterocycles. The summed E-state index contributed by atoms with van der Waals surface area (Å²) in [5.41, 5.74) is 0. The van der Waals surface area contributed by atoms with Crippen LogP contribution in [0.1, 0.15) is 6.42 Å². The average Bonchev–Trinajstić information content (AvgIpc) is 1.89. The smallest absolute Gasteiger partial charge is 0.123 e. The van der Waals surface area contributed by atoms with Gasteiger partial charge in [-0.05, 0) is 0 Å². The van der Waals surface area contributed by atoms with E-state index >= 15 is 0 Å². The van der Waals surface area contributed by atoms with Crippen LogP contribution in [-0.2, 0) is 4.74 Å². The van der Waals surface area contributed by atoms with Crippen molar-refractivity contribution in [1.82, 2.24) is 0 Å². The van der Waals surface area contributed by atoms with Crippen molar-refractivity contribution >= 4 is 0 Å². The van der Waals surface area contributed by atoms with E-state index in [1.165, 1.54) is 0 Å². The van der Waals surface area contributed by atoms with E-state index in [9.17, 15) is 0 Å². The molecule has 0 saturated carbocycles. The monoisotopic (exact) mass is 130 g/mol. The number of rotatable bonds is 3. The molecule has 0 aliphatic rings. The third-order valence-electron chi connectivity index (χ3n) is 0.574. The zero-order valence-corrected chi connectivity index (χ0v) is 5.13. The third kappa shape index (κ3) is 7.28. The van der Waals surface area contributed by atoms with Gasteiger partial charge in [0.2, 0.25) is 0 Å². The summed E-state index contributed by atoms with van der Waals surface area (Å²) >= 11 is 0. The molecule has 0 aromatic rings. The Balaban J connectivity index is 2.96. The molecule has 3 nitrogen and oxygen atoms in total. The Morgan fingerprint density at radius 3 is 2.56 bits per heavy atom. The first kappa shape index (κ1) is 8.28. The van der Waals surface area contributed by atoms with Crippen molar-refractivity contribution in [2.45, 2.75) is 6.42 Å². The van der Waals surface area contributed by atoms with Gasteiger partial charge in [0.25, 0.3) is 0 Å². The van der Waals surface area contributed by atoms with Crippen molar-refractivity contribution in [3.63, 3.8) is 0 Å². The molecule has 0 unspecified atom stereocenters. The van der Waals surface area contributed by atoms with E-state index in [4.69, 9.17) is 10.2 Å². The highest BCUT2D eigenvalue weighted by Gasteiger charge is 1.74. The van der Waals surface area contributed by atoms with Crippen LogP contribution < -0.4 is 0 Å². The molecule has 0 rings (SSSR count). The van der Waals surface area contributed by atoms with E-state index in [1.807, 2.05) is 0 Å². The minimum absolute atomic E-state index is 0.0200. The molecule has 2 N–H and O–H groups in total. The zero-order valence-electron chi connectivity index (χ0n) is 5.13. The zero-order chi connectivity index (χ0) is 6.95. The highest BCUT2D eigenvalue weighted by molar-refractivity contribution is 4.90. The van der Waals surface area contributed by atoms with Crippen LogP contribution in [0.15, 0.2) is 0 Å². The minimum atomic E-state index is -0.0200.